The molecule has 2 aromatic carbocycles. The van der Waals surface area contributed by atoms with Crippen molar-refractivity contribution in [3.05, 3.63) is 66.0 Å². The van der Waals surface area contributed by atoms with Gasteiger partial charge in [0.05, 0.1) is 4.90 Å². The normalized spacial score (nSPS) is 12.6. The second kappa shape index (κ2) is 8.07. The molecular formula is C17H17FN2O5S. The molecule has 0 radical (unpaired) electrons. The minimum atomic E-state index is -4.02. The number of rotatable bonds is 7. The van der Waals surface area contributed by atoms with Crippen LogP contribution in [0.4, 0.5) is 4.39 Å². The number of benzene rings is 2. The molecule has 0 spiro atoms. The number of nitrogens with two attached hydrogens (primary N) is 1. The van der Waals surface area contributed by atoms with Crippen molar-refractivity contribution in [2.24, 2.45) is 5.73 Å². The number of esters is 1. The highest BCUT2D eigenvalue weighted by Crippen LogP contribution is 2.18. The predicted octanol–water partition coefficient (Wildman–Crippen LogP) is 1.22. The maximum Gasteiger partial charge on any atom is 0.322 e. The first kappa shape index (κ1) is 19.5. The molecule has 0 saturated heterocycles. The van der Waals surface area contributed by atoms with Crippen LogP contribution in [-0.4, -0.2) is 38.2 Å². The molecule has 2 aromatic rings. The van der Waals surface area contributed by atoms with E-state index in [0.29, 0.717) is 5.56 Å². The second-order valence-electron chi connectivity index (χ2n) is 5.40. The fourth-order valence-electron chi connectivity index (χ4n) is 2.14. The molecule has 1 amide bonds. The van der Waals surface area contributed by atoms with E-state index in [1.54, 1.807) is 30.3 Å². The van der Waals surface area contributed by atoms with Crippen LogP contribution >= 0.6 is 0 Å². The monoisotopic (exact) mass is 380 g/mol. The van der Waals surface area contributed by atoms with Gasteiger partial charge in [-0.15, -0.1) is 0 Å². The fraction of sp³-hybridized carbons (Fsp3) is 0.176. The van der Waals surface area contributed by atoms with Crippen LogP contribution in [0.1, 0.15) is 11.7 Å². The highest BCUT2D eigenvalue weighted by molar-refractivity contribution is 7.89. The molecule has 0 aliphatic rings. The average Bonchev–Trinajstić information content (AvgIpc) is 2.60. The van der Waals surface area contributed by atoms with E-state index in [4.69, 9.17) is 10.5 Å². The third kappa shape index (κ3) is 4.64. The van der Waals surface area contributed by atoms with Gasteiger partial charge in [-0.05, 0) is 24.3 Å². The van der Waals surface area contributed by atoms with Crippen LogP contribution in [0.3, 0.4) is 0 Å². The van der Waals surface area contributed by atoms with E-state index >= 15 is 0 Å². The number of nitrogens with zero attached hydrogens (tertiary/aromatic N) is 1. The van der Waals surface area contributed by atoms with Gasteiger partial charge in [0.2, 0.25) is 16.1 Å². The number of likely N-dealkylation sites (N-methyl/N-ethyl adjacent to an activating group) is 1. The standard InChI is InChI=1S/C17H17FN2O5S/c1-20(26(23,24)14-9-7-13(18)8-10-14)11-15(21)25-16(17(19)22)12-5-3-2-4-6-12/h2-10,16H,11H2,1H3,(H2,19,22). The highest BCUT2D eigenvalue weighted by atomic mass is 32.2. The summed E-state index contributed by atoms with van der Waals surface area (Å²) in [6.07, 6.45) is -1.33. The van der Waals surface area contributed by atoms with Gasteiger partial charge < -0.3 is 10.5 Å². The van der Waals surface area contributed by atoms with Gasteiger partial charge in [0, 0.05) is 12.6 Å². The smallest absolute Gasteiger partial charge is 0.322 e. The molecule has 138 valence electrons. The van der Waals surface area contributed by atoms with Gasteiger partial charge in [-0.3, -0.25) is 9.59 Å². The Morgan fingerprint density at radius 3 is 2.23 bits per heavy atom. The first-order chi connectivity index (χ1) is 12.2. The Hall–Kier alpha value is -2.78. The molecule has 7 nitrogen and oxygen atoms in total. The lowest BCUT2D eigenvalue weighted by molar-refractivity contribution is -0.155. The SMILES string of the molecule is CN(CC(=O)OC(C(N)=O)c1ccccc1)S(=O)(=O)c1ccc(F)cc1. The topological polar surface area (TPSA) is 107 Å². The number of sulfonamides is 1. The van der Waals surface area contributed by atoms with Crippen molar-refractivity contribution in [2.75, 3.05) is 13.6 Å². The zero-order valence-corrected chi connectivity index (χ0v) is 14.6. The van der Waals surface area contributed by atoms with Crippen molar-refractivity contribution in [1.29, 1.82) is 0 Å². The molecule has 1 atom stereocenters. The molecule has 0 heterocycles. The summed E-state index contributed by atoms with van der Waals surface area (Å²) in [5, 5.41) is 0. The van der Waals surface area contributed by atoms with Crippen molar-refractivity contribution in [3.8, 4) is 0 Å². The van der Waals surface area contributed by atoms with Crippen LogP contribution in [-0.2, 0) is 24.3 Å². The number of carbonyl (C=O) groups is 2. The van der Waals surface area contributed by atoms with E-state index in [9.17, 15) is 22.4 Å². The Bertz CT molecular complexity index is 885. The van der Waals surface area contributed by atoms with Crippen molar-refractivity contribution in [3.63, 3.8) is 0 Å². The Labute approximate surface area is 150 Å². The van der Waals surface area contributed by atoms with Gasteiger partial charge in [0.1, 0.15) is 12.4 Å². The summed E-state index contributed by atoms with van der Waals surface area (Å²) in [6, 6.07) is 12.3. The van der Waals surface area contributed by atoms with E-state index in [2.05, 4.69) is 0 Å². The molecule has 2 N–H and O–H groups in total. The summed E-state index contributed by atoms with van der Waals surface area (Å²) in [6.45, 7) is -0.643. The molecule has 26 heavy (non-hydrogen) atoms. The van der Waals surface area contributed by atoms with Gasteiger partial charge in [0.15, 0.2) is 0 Å². The molecule has 0 saturated carbocycles. The van der Waals surface area contributed by atoms with Gasteiger partial charge >= 0.3 is 5.97 Å². The van der Waals surface area contributed by atoms with Crippen molar-refractivity contribution < 1.29 is 27.1 Å². The molecular weight excluding hydrogens is 363 g/mol. The summed E-state index contributed by atoms with van der Waals surface area (Å²) in [4.78, 5) is 23.4. The maximum absolute atomic E-state index is 12.9. The largest absolute Gasteiger partial charge is 0.446 e. The predicted molar refractivity (Wildman–Crippen MR) is 90.7 cm³/mol. The molecule has 0 fully saturated rings. The van der Waals surface area contributed by atoms with E-state index in [1.807, 2.05) is 0 Å². The number of carbonyl (C=O) groups excluding carboxylic acids is 2. The van der Waals surface area contributed by atoms with Gasteiger partial charge in [-0.1, -0.05) is 30.3 Å². The fourth-order valence-corrected chi connectivity index (χ4v) is 3.26. The van der Waals surface area contributed by atoms with E-state index in [1.165, 1.54) is 7.05 Å². The number of amides is 1. The third-order valence-electron chi connectivity index (χ3n) is 3.48. The number of primary amides is 1. The molecule has 0 aliphatic carbocycles. The van der Waals surface area contributed by atoms with Crippen LogP contribution < -0.4 is 5.73 Å². The van der Waals surface area contributed by atoms with Crippen LogP contribution in [0.5, 0.6) is 0 Å². The van der Waals surface area contributed by atoms with Crippen LogP contribution in [0.2, 0.25) is 0 Å². The lowest BCUT2D eigenvalue weighted by Crippen LogP contribution is -2.35. The zero-order valence-electron chi connectivity index (χ0n) is 13.8. The summed E-state index contributed by atoms with van der Waals surface area (Å²) in [5.41, 5.74) is 5.63. The van der Waals surface area contributed by atoms with Crippen LogP contribution in [0.15, 0.2) is 59.5 Å². The first-order valence-corrected chi connectivity index (χ1v) is 8.91. The van der Waals surface area contributed by atoms with Gasteiger partial charge in [-0.25, -0.2) is 12.8 Å². The van der Waals surface area contributed by atoms with Crippen LogP contribution in [0.25, 0.3) is 0 Å². The summed E-state index contributed by atoms with van der Waals surface area (Å²) < 4.78 is 43.5. The zero-order chi connectivity index (χ0) is 19.3. The number of ether oxygens (including phenoxy) is 1. The molecule has 0 bridgehead atoms. The second-order valence-corrected chi connectivity index (χ2v) is 7.44. The number of halogens is 1. The Morgan fingerprint density at radius 1 is 1.12 bits per heavy atom. The van der Waals surface area contributed by atoms with Crippen molar-refractivity contribution >= 4 is 21.9 Å². The van der Waals surface area contributed by atoms with Crippen LogP contribution in [0, 0.1) is 5.82 Å². The summed E-state index contributed by atoms with van der Waals surface area (Å²) in [7, 11) is -2.85. The number of hydrogen-bond donors (Lipinski definition) is 1. The van der Waals surface area contributed by atoms with E-state index in [-0.39, 0.29) is 4.90 Å². The third-order valence-corrected chi connectivity index (χ3v) is 5.30. The summed E-state index contributed by atoms with van der Waals surface area (Å²) >= 11 is 0. The molecule has 1 unspecified atom stereocenters. The molecule has 9 heteroatoms. The minimum Gasteiger partial charge on any atom is -0.446 e. The van der Waals surface area contributed by atoms with Gasteiger partial charge in [0.25, 0.3) is 5.91 Å². The van der Waals surface area contributed by atoms with E-state index < -0.39 is 40.4 Å². The Morgan fingerprint density at radius 2 is 1.69 bits per heavy atom. The Kier molecular flexibility index (Phi) is 6.06. The Balaban J connectivity index is 2.10. The quantitative estimate of drug-likeness (QED) is 0.727. The van der Waals surface area contributed by atoms with Gasteiger partial charge in [-0.2, -0.15) is 4.31 Å². The van der Waals surface area contributed by atoms with Crippen molar-refractivity contribution in [1.82, 2.24) is 4.31 Å². The first-order valence-electron chi connectivity index (χ1n) is 7.47. The summed E-state index contributed by atoms with van der Waals surface area (Å²) in [5.74, 6) is -2.42. The molecule has 0 aliphatic heterocycles. The maximum atomic E-state index is 12.9. The lowest BCUT2D eigenvalue weighted by Gasteiger charge is -2.19. The van der Waals surface area contributed by atoms with E-state index in [0.717, 1.165) is 28.6 Å². The van der Waals surface area contributed by atoms with Crippen molar-refractivity contribution in [2.45, 2.75) is 11.0 Å². The lowest BCUT2D eigenvalue weighted by atomic mass is 10.1. The molecule has 2 rings (SSSR count). The number of hydrogen-bond acceptors (Lipinski definition) is 5. The average molecular weight is 380 g/mol. The minimum absolute atomic E-state index is 0.177. The highest BCUT2D eigenvalue weighted by Gasteiger charge is 2.27. The molecule has 0 aromatic heterocycles.